The summed E-state index contributed by atoms with van der Waals surface area (Å²) in [5, 5.41) is 13.3. The van der Waals surface area contributed by atoms with Crippen LogP contribution in [0.5, 0.6) is 0 Å². The van der Waals surface area contributed by atoms with Crippen molar-refractivity contribution in [1.29, 1.82) is 0 Å². The van der Waals surface area contributed by atoms with Crippen LogP contribution in [0.4, 0.5) is 0 Å². The van der Waals surface area contributed by atoms with Gasteiger partial charge in [0.15, 0.2) is 0 Å². The van der Waals surface area contributed by atoms with E-state index in [4.69, 9.17) is 0 Å². The highest BCUT2D eigenvalue weighted by Crippen LogP contribution is 2.26. The Labute approximate surface area is 296 Å². The molecule has 0 radical (unpaired) electrons. The Hall–Kier alpha value is -4.51. The number of hydrogen-bond donors (Lipinski definition) is 3. The lowest BCUT2D eigenvalue weighted by Gasteiger charge is -2.36. The molecular formula is C39H53N7O4. The third kappa shape index (κ3) is 10.3. The zero-order valence-electron chi connectivity index (χ0n) is 29.6. The van der Waals surface area contributed by atoms with Crippen LogP contribution in [0.2, 0.25) is 0 Å². The molecule has 2 heterocycles. The number of benzene rings is 2. The summed E-state index contributed by atoms with van der Waals surface area (Å²) in [6.07, 6.45) is 8.48. The second-order valence-electron chi connectivity index (χ2n) is 13.5. The number of piperazine rings is 1. The van der Waals surface area contributed by atoms with Crippen molar-refractivity contribution in [2.45, 2.75) is 96.9 Å². The lowest BCUT2D eigenvalue weighted by molar-refractivity contribution is -0.138. The van der Waals surface area contributed by atoms with Crippen LogP contribution in [0.3, 0.4) is 0 Å². The minimum Gasteiger partial charge on any atom is -0.350 e. The molecule has 2 aromatic carbocycles. The Bertz CT molecular complexity index is 1540. The number of nitrogens with one attached hydrogen (secondary N) is 3. The van der Waals surface area contributed by atoms with E-state index in [9.17, 15) is 19.2 Å². The molecule has 50 heavy (non-hydrogen) atoms. The second kappa shape index (κ2) is 18.5. The molecule has 1 aliphatic heterocycles. The van der Waals surface area contributed by atoms with Crippen molar-refractivity contribution in [2.24, 2.45) is 5.92 Å². The Morgan fingerprint density at radius 3 is 2.14 bits per heavy atom. The van der Waals surface area contributed by atoms with Gasteiger partial charge in [-0.25, -0.2) is 0 Å². The fraction of sp³-hybridized carbons (Fsp3) is 0.513. The SMILES string of the molecule is CCC(=O)N[C@H](Cc1ccc(CNC(=O)[C@@H](NC(=O)c2ccnn2CC)C2CCCCCC2)cc1)C(=O)N1CCN(Cc2ccccc2)CC1. The van der Waals surface area contributed by atoms with Crippen LogP contribution in [0.15, 0.2) is 66.9 Å². The van der Waals surface area contributed by atoms with E-state index in [0.29, 0.717) is 44.7 Å². The summed E-state index contributed by atoms with van der Waals surface area (Å²) in [5.41, 5.74) is 3.54. The first-order chi connectivity index (χ1) is 24.3. The van der Waals surface area contributed by atoms with Gasteiger partial charge in [0, 0.05) is 64.9 Å². The van der Waals surface area contributed by atoms with Crippen molar-refractivity contribution >= 4 is 23.6 Å². The number of hydrogen-bond acceptors (Lipinski definition) is 6. The molecule has 1 saturated heterocycles. The zero-order valence-corrected chi connectivity index (χ0v) is 29.6. The van der Waals surface area contributed by atoms with Gasteiger partial charge >= 0.3 is 0 Å². The predicted molar refractivity (Wildman–Crippen MR) is 193 cm³/mol. The van der Waals surface area contributed by atoms with E-state index in [1.54, 1.807) is 23.9 Å². The van der Waals surface area contributed by atoms with E-state index >= 15 is 0 Å². The van der Waals surface area contributed by atoms with Gasteiger partial charge in [-0.3, -0.25) is 28.8 Å². The summed E-state index contributed by atoms with van der Waals surface area (Å²) < 4.78 is 1.64. The lowest BCUT2D eigenvalue weighted by Crippen LogP contribution is -2.55. The Balaban J connectivity index is 1.18. The molecule has 1 aromatic heterocycles. The first-order valence-corrected chi connectivity index (χ1v) is 18.4. The van der Waals surface area contributed by atoms with Crippen LogP contribution >= 0.6 is 0 Å². The summed E-state index contributed by atoms with van der Waals surface area (Å²) >= 11 is 0. The van der Waals surface area contributed by atoms with Gasteiger partial charge in [-0.2, -0.15) is 5.10 Å². The van der Waals surface area contributed by atoms with Crippen molar-refractivity contribution < 1.29 is 19.2 Å². The van der Waals surface area contributed by atoms with Crippen molar-refractivity contribution in [3.8, 4) is 0 Å². The lowest BCUT2D eigenvalue weighted by atomic mass is 9.91. The Morgan fingerprint density at radius 2 is 1.48 bits per heavy atom. The van der Waals surface area contributed by atoms with Gasteiger partial charge in [0.25, 0.3) is 5.91 Å². The summed E-state index contributed by atoms with van der Waals surface area (Å²) in [5.74, 6) is -0.613. The molecular weight excluding hydrogens is 630 g/mol. The van der Waals surface area contributed by atoms with Crippen LogP contribution in [0.25, 0.3) is 0 Å². The maximum atomic E-state index is 13.7. The molecule has 3 N–H and O–H groups in total. The molecule has 3 aromatic rings. The average molecular weight is 684 g/mol. The molecule has 11 heteroatoms. The van der Waals surface area contributed by atoms with Crippen LogP contribution in [-0.4, -0.2) is 81.5 Å². The highest BCUT2D eigenvalue weighted by Gasteiger charge is 2.32. The molecule has 1 saturated carbocycles. The quantitative estimate of drug-likeness (QED) is 0.220. The van der Waals surface area contributed by atoms with E-state index < -0.39 is 12.1 Å². The van der Waals surface area contributed by atoms with Crippen molar-refractivity contribution in [3.63, 3.8) is 0 Å². The second-order valence-corrected chi connectivity index (χ2v) is 13.5. The van der Waals surface area contributed by atoms with Crippen LogP contribution in [0.1, 0.15) is 86.0 Å². The van der Waals surface area contributed by atoms with E-state index in [1.807, 2.05) is 54.3 Å². The molecule has 2 aliphatic rings. The highest BCUT2D eigenvalue weighted by molar-refractivity contribution is 5.96. The molecule has 4 amide bonds. The predicted octanol–water partition coefficient (Wildman–Crippen LogP) is 4.07. The molecule has 2 fully saturated rings. The highest BCUT2D eigenvalue weighted by atomic mass is 16.2. The van der Waals surface area contributed by atoms with Gasteiger partial charge in [0.05, 0.1) is 0 Å². The number of carbonyl (C=O) groups is 4. The largest absolute Gasteiger partial charge is 0.350 e. The van der Waals surface area contributed by atoms with Gasteiger partial charge in [0.2, 0.25) is 17.7 Å². The first kappa shape index (κ1) is 36.8. The Kier molecular flexibility index (Phi) is 13.6. The topological polar surface area (TPSA) is 129 Å². The van der Waals surface area contributed by atoms with E-state index in [1.165, 1.54) is 5.56 Å². The zero-order chi connectivity index (χ0) is 35.3. The van der Waals surface area contributed by atoms with E-state index in [-0.39, 0.29) is 29.5 Å². The summed E-state index contributed by atoms with van der Waals surface area (Å²) in [6, 6.07) is 18.5. The fourth-order valence-corrected chi connectivity index (χ4v) is 7.05. The molecule has 0 bridgehead atoms. The smallest absolute Gasteiger partial charge is 0.270 e. The minimum absolute atomic E-state index is 0.0592. The van der Waals surface area contributed by atoms with Crippen LogP contribution in [-0.2, 0) is 40.4 Å². The fourth-order valence-electron chi connectivity index (χ4n) is 7.05. The van der Waals surface area contributed by atoms with Crippen LogP contribution < -0.4 is 16.0 Å². The number of aromatic nitrogens is 2. The van der Waals surface area contributed by atoms with Crippen LogP contribution in [0, 0.1) is 5.92 Å². The molecule has 0 spiro atoms. The maximum Gasteiger partial charge on any atom is 0.270 e. The molecule has 2 atom stereocenters. The van der Waals surface area contributed by atoms with Gasteiger partial charge in [-0.15, -0.1) is 0 Å². The average Bonchev–Trinajstić information content (AvgIpc) is 3.48. The van der Waals surface area contributed by atoms with Crippen molar-refractivity contribution in [3.05, 3.63) is 89.2 Å². The molecule has 0 unspecified atom stereocenters. The number of aryl methyl sites for hydroxylation is 1. The van der Waals surface area contributed by atoms with Gasteiger partial charge in [-0.1, -0.05) is 87.2 Å². The molecule has 1 aliphatic carbocycles. The number of carbonyl (C=O) groups excluding carboxylic acids is 4. The molecule has 5 rings (SSSR count). The normalized spacial score (nSPS) is 17.0. The minimum atomic E-state index is -0.651. The van der Waals surface area contributed by atoms with Crippen molar-refractivity contribution in [1.82, 2.24) is 35.5 Å². The number of amides is 4. The van der Waals surface area contributed by atoms with Gasteiger partial charge in [-0.05, 0) is 48.4 Å². The summed E-state index contributed by atoms with van der Waals surface area (Å²) in [6.45, 7) is 8.25. The number of rotatable bonds is 14. The third-order valence-corrected chi connectivity index (χ3v) is 10.0. The van der Waals surface area contributed by atoms with E-state index in [0.717, 1.165) is 69.3 Å². The third-order valence-electron chi connectivity index (χ3n) is 10.0. The molecule has 11 nitrogen and oxygen atoms in total. The van der Waals surface area contributed by atoms with E-state index in [2.05, 4.69) is 38.1 Å². The van der Waals surface area contributed by atoms with Gasteiger partial charge in [0.1, 0.15) is 17.8 Å². The molecule has 268 valence electrons. The standard InChI is InChI=1S/C39H53N7O4/c1-3-35(47)42-33(39(50)45-24-22-44(23-25-45)28-31-12-8-7-9-13-31)26-29-16-18-30(19-17-29)27-40-38(49)36(32-14-10-5-6-11-15-32)43-37(48)34-20-21-41-46(34)4-2/h7-9,12-13,16-21,32-33,36H,3-6,10-11,14-15,22-28H2,1-2H3,(H,40,49)(H,42,47)(H,43,48)/t33-,36+/m1/s1. The monoisotopic (exact) mass is 683 g/mol. The summed E-state index contributed by atoms with van der Waals surface area (Å²) in [7, 11) is 0. The summed E-state index contributed by atoms with van der Waals surface area (Å²) in [4.78, 5) is 57.2. The first-order valence-electron chi connectivity index (χ1n) is 18.4. The van der Waals surface area contributed by atoms with Gasteiger partial charge < -0.3 is 20.9 Å². The number of nitrogens with zero attached hydrogens (tertiary/aromatic N) is 4. The van der Waals surface area contributed by atoms with Crippen molar-refractivity contribution in [2.75, 3.05) is 26.2 Å². The maximum absolute atomic E-state index is 13.7. The Morgan fingerprint density at radius 1 is 0.800 bits per heavy atom.